The second kappa shape index (κ2) is 7.22. The first-order valence-electron chi connectivity index (χ1n) is 8.35. The summed E-state index contributed by atoms with van der Waals surface area (Å²) < 4.78 is 49.6. The second-order valence-electron chi connectivity index (χ2n) is 6.63. The lowest BCUT2D eigenvalue weighted by Gasteiger charge is -2.20. The van der Waals surface area contributed by atoms with Crippen LogP contribution in [-0.2, 0) is 15.7 Å². The van der Waals surface area contributed by atoms with Gasteiger partial charge in [0.1, 0.15) is 23.7 Å². The van der Waals surface area contributed by atoms with Crippen molar-refractivity contribution < 1.29 is 22.6 Å². The summed E-state index contributed by atoms with van der Waals surface area (Å²) >= 11 is 0. The van der Waals surface area contributed by atoms with Gasteiger partial charge in [-0.3, -0.25) is 5.41 Å². The third kappa shape index (κ3) is 4.13. The van der Waals surface area contributed by atoms with Crippen LogP contribution in [0.25, 0.3) is 0 Å². The molecule has 0 bridgehead atoms. The van der Waals surface area contributed by atoms with E-state index in [1.165, 1.54) is 18.3 Å². The zero-order valence-electron chi connectivity index (χ0n) is 15.1. The van der Waals surface area contributed by atoms with Gasteiger partial charge in [0.25, 0.3) is 0 Å². The first-order chi connectivity index (χ1) is 13.1. The van der Waals surface area contributed by atoms with Gasteiger partial charge < -0.3 is 14.8 Å². The van der Waals surface area contributed by atoms with Gasteiger partial charge >= 0.3 is 6.18 Å². The average Bonchev–Trinajstić information content (AvgIpc) is 3.00. The van der Waals surface area contributed by atoms with E-state index in [1.807, 2.05) is 0 Å². The lowest BCUT2D eigenvalue weighted by atomic mass is 10.0. The van der Waals surface area contributed by atoms with Gasteiger partial charge in [0.2, 0.25) is 0 Å². The van der Waals surface area contributed by atoms with E-state index in [0.29, 0.717) is 11.3 Å². The highest BCUT2D eigenvalue weighted by Gasteiger charge is 2.36. The lowest BCUT2D eigenvalue weighted by Crippen LogP contribution is -2.20. The highest BCUT2D eigenvalue weighted by Crippen LogP contribution is 2.37. The van der Waals surface area contributed by atoms with Gasteiger partial charge in [-0.25, -0.2) is 4.98 Å². The number of nitrogens with one attached hydrogen (secondary N) is 2. The Morgan fingerprint density at radius 1 is 1.29 bits per heavy atom. The van der Waals surface area contributed by atoms with Crippen molar-refractivity contribution in [1.29, 1.82) is 10.7 Å². The van der Waals surface area contributed by atoms with Crippen molar-refractivity contribution >= 4 is 17.2 Å². The van der Waals surface area contributed by atoms with Gasteiger partial charge in [-0.1, -0.05) is 0 Å². The molecule has 0 aliphatic carbocycles. The molecule has 1 aromatic heterocycles. The Labute approximate surface area is 159 Å². The summed E-state index contributed by atoms with van der Waals surface area (Å²) in [5.74, 6) is -0.627. The molecule has 6 nitrogen and oxygen atoms in total. The fraction of sp³-hybridized carbons (Fsp3) is 0.316. The number of ether oxygens (including phenoxy) is 2. The van der Waals surface area contributed by atoms with E-state index in [2.05, 4.69) is 10.3 Å². The van der Waals surface area contributed by atoms with Crippen LogP contribution in [0.2, 0.25) is 0 Å². The summed E-state index contributed by atoms with van der Waals surface area (Å²) in [4.78, 5) is 4.16. The molecule has 2 heterocycles. The largest absolute Gasteiger partial charge is 0.416 e. The Morgan fingerprint density at radius 3 is 2.50 bits per heavy atom. The monoisotopic (exact) mass is 390 g/mol. The van der Waals surface area contributed by atoms with Gasteiger partial charge in [0, 0.05) is 11.9 Å². The maximum absolute atomic E-state index is 12.7. The molecule has 2 aromatic rings. The van der Waals surface area contributed by atoms with Crippen LogP contribution in [0.3, 0.4) is 0 Å². The van der Waals surface area contributed by atoms with E-state index in [4.69, 9.17) is 14.9 Å². The third-order valence-corrected chi connectivity index (χ3v) is 4.18. The summed E-state index contributed by atoms with van der Waals surface area (Å²) in [5.41, 5.74) is -0.0133. The minimum atomic E-state index is -4.43. The molecule has 1 atom stereocenters. The number of nitriles is 1. The molecule has 1 saturated heterocycles. The number of halogens is 3. The van der Waals surface area contributed by atoms with E-state index in [1.54, 1.807) is 26.0 Å². The van der Waals surface area contributed by atoms with Crippen LogP contribution in [-0.4, -0.2) is 23.1 Å². The number of aromatic nitrogens is 1. The van der Waals surface area contributed by atoms with Crippen LogP contribution in [0.1, 0.15) is 36.6 Å². The summed E-state index contributed by atoms with van der Waals surface area (Å²) in [7, 11) is 0. The van der Waals surface area contributed by atoms with Gasteiger partial charge in [0.05, 0.1) is 17.7 Å². The molecule has 1 fully saturated rings. The van der Waals surface area contributed by atoms with E-state index >= 15 is 0 Å². The smallest absolute Gasteiger partial charge is 0.347 e. The Kier molecular flexibility index (Phi) is 5.10. The average molecular weight is 390 g/mol. The zero-order chi connectivity index (χ0) is 20.5. The predicted molar refractivity (Wildman–Crippen MR) is 95.3 cm³/mol. The van der Waals surface area contributed by atoms with Crippen molar-refractivity contribution in [3.05, 3.63) is 53.2 Å². The van der Waals surface area contributed by atoms with E-state index in [9.17, 15) is 18.4 Å². The van der Waals surface area contributed by atoms with Crippen LogP contribution in [0.15, 0.2) is 36.5 Å². The molecule has 1 aromatic carbocycles. The Hall–Kier alpha value is -2.96. The molecule has 2 N–H and O–H groups in total. The third-order valence-electron chi connectivity index (χ3n) is 4.18. The van der Waals surface area contributed by atoms with Crippen molar-refractivity contribution in [1.82, 2.24) is 4.98 Å². The second-order valence-corrected chi connectivity index (χ2v) is 6.63. The highest BCUT2D eigenvalue weighted by atomic mass is 19.4. The Balaban J connectivity index is 1.96. The molecule has 0 saturated carbocycles. The minimum Gasteiger partial charge on any atom is -0.347 e. The van der Waals surface area contributed by atoms with Crippen molar-refractivity contribution in [3.8, 4) is 6.07 Å². The number of pyridine rings is 1. The summed E-state index contributed by atoms with van der Waals surface area (Å²) in [6.07, 6.45) is -3.46. The molecule has 9 heteroatoms. The first-order valence-corrected chi connectivity index (χ1v) is 8.35. The van der Waals surface area contributed by atoms with E-state index in [0.717, 1.165) is 12.1 Å². The quantitative estimate of drug-likeness (QED) is 0.747. The molecular weight excluding hydrogens is 373 g/mol. The van der Waals surface area contributed by atoms with Crippen molar-refractivity contribution in [3.63, 3.8) is 0 Å². The number of anilines is 2. The fourth-order valence-corrected chi connectivity index (χ4v) is 2.88. The molecule has 0 radical (unpaired) electrons. The molecular formula is C19H17F3N4O2. The topological polar surface area (TPSA) is 91.0 Å². The lowest BCUT2D eigenvalue weighted by molar-refractivity contribution is -0.139. The van der Waals surface area contributed by atoms with Crippen molar-refractivity contribution in [2.75, 3.05) is 11.9 Å². The van der Waals surface area contributed by atoms with E-state index < -0.39 is 23.6 Å². The van der Waals surface area contributed by atoms with Crippen LogP contribution in [0, 0.1) is 16.7 Å². The maximum atomic E-state index is 12.7. The van der Waals surface area contributed by atoms with Gasteiger partial charge in [-0.2, -0.15) is 18.4 Å². The van der Waals surface area contributed by atoms with Gasteiger partial charge in [-0.05, 0) is 49.7 Å². The van der Waals surface area contributed by atoms with Gasteiger partial charge in [-0.15, -0.1) is 0 Å². The summed E-state index contributed by atoms with van der Waals surface area (Å²) in [6, 6.07) is 7.82. The van der Waals surface area contributed by atoms with Crippen LogP contribution in [0.4, 0.5) is 24.7 Å². The predicted octanol–water partition coefficient (Wildman–Crippen LogP) is 4.56. The molecule has 0 spiro atoms. The number of hydrogen-bond donors (Lipinski definition) is 2. The summed E-state index contributed by atoms with van der Waals surface area (Å²) in [6.45, 7) is 3.75. The number of nitrogens with zero attached hydrogens (tertiary/aromatic N) is 2. The molecule has 28 heavy (non-hydrogen) atoms. The standard InChI is InChI=1S/C19H17F3N4O2/c1-18(2)27-10-15(28-18)13-7-8-25-17(16(13)14(24)9-23)26-12-5-3-11(4-6-12)19(20,21)22/h3-8,15,24H,10H2,1-2H3,(H,25,26). The number of benzene rings is 1. The molecule has 1 aliphatic heterocycles. The minimum absolute atomic E-state index is 0.178. The number of hydrogen-bond acceptors (Lipinski definition) is 6. The van der Waals surface area contributed by atoms with Crippen LogP contribution < -0.4 is 5.32 Å². The zero-order valence-corrected chi connectivity index (χ0v) is 15.1. The summed E-state index contributed by atoms with van der Waals surface area (Å²) in [5, 5.41) is 20.2. The molecule has 1 aliphatic rings. The normalized spacial score (nSPS) is 18.5. The number of rotatable bonds is 4. The van der Waals surface area contributed by atoms with Crippen LogP contribution in [0.5, 0.6) is 0 Å². The Bertz CT molecular complexity index is 934. The first kappa shape index (κ1) is 19.8. The molecule has 1 unspecified atom stereocenters. The molecule has 146 valence electrons. The Morgan fingerprint density at radius 2 is 1.96 bits per heavy atom. The van der Waals surface area contributed by atoms with Gasteiger partial charge in [0.15, 0.2) is 5.79 Å². The number of alkyl halides is 3. The van der Waals surface area contributed by atoms with Crippen molar-refractivity contribution in [2.45, 2.75) is 31.9 Å². The SMILES string of the molecule is CC1(C)OCC(c2ccnc(Nc3ccc(C(F)(F)F)cc3)c2C(=N)C#N)O1. The maximum Gasteiger partial charge on any atom is 0.416 e. The van der Waals surface area contributed by atoms with E-state index in [-0.39, 0.29) is 23.7 Å². The molecule has 3 rings (SSSR count). The van der Waals surface area contributed by atoms with Crippen LogP contribution >= 0.6 is 0 Å². The van der Waals surface area contributed by atoms with Crippen molar-refractivity contribution in [2.24, 2.45) is 0 Å². The molecule has 0 amide bonds. The fourth-order valence-electron chi connectivity index (χ4n) is 2.88. The highest BCUT2D eigenvalue weighted by molar-refractivity contribution is 6.13.